The van der Waals surface area contributed by atoms with Crippen molar-refractivity contribution in [1.29, 1.82) is 0 Å². The minimum atomic E-state index is -0.488. The van der Waals surface area contributed by atoms with E-state index in [2.05, 4.69) is 0 Å². The van der Waals surface area contributed by atoms with Gasteiger partial charge in [-0.1, -0.05) is 54.6 Å². The number of fused-ring (bicyclic) bond motifs is 2. The zero-order chi connectivity index (χ0) is 18.1. The molecule has 3 aromatic carbocycles. The average Bonchev–Trinajstić information content (AvgIpc) is 2.91. The molecule has 128 valence electrons. The van der Waals surface area contributed by atoms with Gasteiger partial charge in [-0.15, -0.1) is 0 Å². The summed E-state index contributed by atoms with van der Waals surface area (Å²) in [5, 5.41) is 2.02. The number of imide groups is 1. The number of carbonyl (C=O) groups is 3. The summed E-state index contributed by atoms with van der Waals surface area (Å²) in [5.41, 5.74) is 1.51. The number of hydrogen-bond acceptors (Lipinski definition) is 4. The monoisotopic (exact) mass is 345 g/mol. The summed E-state index contributed by atoms with van der Waals surface area (Å²) in [4.78, 5) is 37.7. The molecule has 5 nitrogen and oxygen atoms in total. The van der Waals surface area contributed by atoms with Crippen molar-refractivity contribution in [3.8, 4) is 0 Å². The van der Waals surface area contributed by atoms with Crippen molar-refractivity contribution >= 4 is 28.6 Å². The first-order valence-corrected chi connectivity index (χ1v) is 8.22. The van der Waals surface area contributed by atoms with Crippen molar-refractivity contribution in [1.82, 2.24) is 4.90 Å². The van der Waals surface area contributed by atoms with E-state index in [0.29, 0.717) is 11.1 Å². The maximum absolute atomic E-state index is 12.3. The van der Waals surface area contributed by atoms with Gasteiger partial charge in [0, 0.05) is 0 Å². The van der Waals surface area contributed by atoms with E-state index in [-0.39, 0.29) is 13.2 Å². The molecule has 0 aromatic heterocycles. The van der Waals surface area contributed by atoms with Gasteiger partial charge in [0.2, 0.25) is 0 Å². The molecule has 0 aliphatic carbocycles. The Hall–Kier alpha value is -3.47. The Morgan fingerprint density at radius 2 is 1.42 bits per heavy atom. The number of nitrogens with zero attached hydrogens (tertiary/aromatic N) is 1. The van der Waals surface area contributed by atoms with Crippen LogP contribution in [0.2, 0.25) is 0 Å². The van der Waals surface area contributed by atoms with Crippen LogP contribution in [0.25, 0.3) is 10.8 Å². The zero-order valence-corrected chi connectivity index (χ0v) is 13.8. The molecule has 0 fully saturated rings. The molecule has 2 amide bonds. The minimum absolute atomic E-state index is 0.0739. The van der Waals surface area contributed by atoms with Crippen molar-refractivity contribution in [2.45, 2.75) is 6.42 Å². The lowest BCUT2D eigenvalue weighted by atomic mass is 10.0. The van der Waals surface area contributed by atoms with Crippen LogP contribution in [0.15, 0.2) is 66.7 Å². The van der Waals surface area contributed by atoms with Crippen molar-refractivity contribution in [3.63, 3.8) is 0 Å². The third-order valence-corrected chi connectivity index (χ3v) is 4.45. The predicted octanol–water partition coefficient (Wildman–Crippen LogP) is 3.18. The van der Waals surface area contributed by atoms with Gasteiger partial charge < -0.3 is 4.74 Å². The normalized spacial score (nSPS) is 13.2. The Morgan fingerprint density at radius 1 is 0.808 bits per heavy atom. The molecule has 1 aliphatic rings. The summed E-state index contributed by atoms with van der Waals surface area (Å²) in [6, 6.07) is 20.1. The largest absolute Gasteiger partial charge is 0.443 e. The van der Waals surface area contributed by atoms with Crippen LogP contribution in [0.1, 0.15) is 26.3 Å². The van der Waals surface area contributed by atoms with Crippen LogP contribution >= 0.6 is 0 Å². The first-order chi connectivity index (χ1) is 12.6. The maximum Gasteiger partial charge on any atom is 0.312 e. The molecule has 0 bridgehead atoms. The SMILES string of the molecule is O=C(Cc1cccc2ccccc12)OCN1C(=O)c2ccccc2C1=O. The van der Waals surface area contributed by atoms with Crippen molar-refractivity contribution in [3.05, 3.63) is 83.4 Å². The standard InChI is InChI=1S/C21H15NO4/c23-19(12-15-8-5-7-14-6-1-2-9-16(14)15)26-13-22-20(24)17-10-3-4-11-18(17)21(22)25/h1-11H,12-13H2. The van der Waals surface area contributed by atoms with Gasteiger partial charge in [-0.2, -0.15) is 0 Å². The summed E-state index contributed by atoms with van der Waals surface area (Å²) in [6.07, 6.45) is 0.0739. The van der Waals surface area contributed by atoms with Gasteiger partial charge in [-0.05, 0) is 28.5 Å². The quantitative estimate of drug-likeness (QED) is 0.538. The third kappa shape index (κ3) is 2.73. The molecule has 0 radical (unpaired) electrons. The van der Waals surface area contributed by atoms with Crippen molar-refractivity contribution in [2.75, 3.05) is 6.73 Å². The number of carbonyl (C=O) groups excluding carboxylic acids is 3. The molecule has 0 saturated carbocycles. The highest BCUT2D eigenvalue weighted by molar-refractivity contribution is 6.21. The van der Waals surface area contributed by atoms with E-state index in [9.17, 15) is 14.4 Å². The molecule has 4 rings (SSSR count). The van der Waals surface area contributed by atoms with Crippen LogP contribution in [-0.2, 0) is 16.0 Å². The van der Waals surface area contributed by atoms with Crippen LogP contribution in [0.4, 0.5) is 0 Å². The molecule has 0 unspecified atom stereocenters. The highest BCUT2D eigenvalue weighted by atomic mass is 16.5. The van der Waals surface area contributed by atoms with Crippen molar-refractivity contribution in [2.24, 2.45) is 0 Å². The van der Waals surface area contributed by atoms with Gasteiger partial charge in [0.25, 0.3) is 11.8 Å². The number of hydrogen-bond donors (Lipinski definition) is 0. The fourth-order valence-electron chi connectivity index (χ4n) is 3.15. The van der Waals surface area contributed by atoms with E-state index in [1.54, 1.807) is 24.3 Å². The summed E-state index contributed by atoms with van der Waals surface area (Å²) < 4.78 is 5.20. The van der Waals surface area contributed by atoms with Crippen LogP contribution in [-0.4, -0.2) is 29.4 Å². The molecule has 26 heavy (non-hydrogen) atoms. The average molecular weight is 345 g/mol. The molecule has 3 aromatic rings. The van der Waals surface area contributed by atoms with Crippen LogP contribution in [0.3, 0.4) is 0 Å². The second kappa shape index (κ2) is 6.44. The van der Waals surface area contributed by atoms with Gasteiger partial charge in [-0.25, -0.2) is 4.90 Å². The second-order valence-electron chi connectivity index (χ2n) is 6.04. The predicted molar refractivity (Wildman–Crippen MR) is 95.6 cm³/mol. The van der Waals surface area contributed by atoms with E-state index in [0.717, 1.165) is 21.2 Å². The van der Waals surface area contributed by atoms with E-state index in [1.165, 1.54) is 0 Å². The fraction of sp³-hybridized carbons (Fsp3) is 0.0952. The molecule has 1 aliphatic heterocycles. The number of rotatable bonds is 4. The molecule has 0 atom stereocenters. The fourth-order valence-corrected chi connectivity index (χ4v) is 3.15. The van der Waals surface area contributed by atoms with E-state index in [4.69, 9.17) is 4.74 Å². The summed E-state index contributed by atoms with van der Waals surface area (Å²) in [5.74, 6) is -1.37. The Morgan fingerprint density at radius 3 is 2.15 bits per heavy atom. The lowest BCUT2D eigenvalue weighted by Gasteiger charge is -2.14. The molecular formula is C21H15NO4. The van der Waals surface area contributed by atoms with Gasteiger partial charge in [0.15, 0.2) is 6.73 Å². The summed E-state index contributed by atoms with van der Waals surface area (Å²) in [7, 11) is 0. The Labute approximate surface area is 149 Å². The molecule has 0 saturated heterocycles. The Balaban J connectivity index is 1.45. The number of amides is 2. The van der Waals surface area contributed by atoms with Gasteiger partial charge in [0.1, 0.15) is 0 Å². The highest BCUT2D eigenvalue weighted by Crippen LogP contribution is 2.23. The Kier molecular flexibility index (Phi) is 3.97. The van der Waals surface area contributed by atoms with Gasteiger partial charge in [-0.3, -0.25) is 14.4 Å². The maximum atomic E-state index is 12.3. The van der Waals surface area contributed by atoms with E-state index >= 15 is 0 Å². The molecule has 5 heteroatoms. The molecule has 0 spiro atoms. The minimum Gasteiger partial charge on any atom is -0.443 e. The van der Waals surface area contributed by atoms with Crippen LogP contribution in [0, 0.1) is 0 Å². The lowest BCUT2D eigenvalue weighted by molar-refractivity contribution is -0.145. The zero-order valence-electron chi connectivity index (χ0n) is 13.8. The Bertz CT molecular complexity index is 1000. The van der Waals surface area contributed by atoms with Crippen molar-refractivity contribution < 1.29 is 19.1 Å². The summed E-state index contributed by atoms with van der Waals surface area (Å²) >= 11 is 0. The first kappa shape index (κ1) is 16.0. The number of ether oxygens (including phenoxy) is 1. The topological polar surface area (TPSA) is 63.7 Å². The van der Waals surface area contributed by atoms with Crippen LogP contribution < -0.4 is 0 Å². The second-order valence-corrected chi connectivity index (χ2v) is 6.04. The van der Waals surface area contributed by atoms with Gasteiger partial charge >= 0.3 is 5.97 Å². The smallest absolute Gasteiger partial charge is 0.312 e. The number of esters is 1. The van der Waals surface area contributed by atoms with Gasteiger partial charge in [0.05, 0.1) is 17.5 Å². The molecule has 0 N–H and O–H groups in total. The first-order valence-electron chi connectivity index (χ1n) is 8.22. The lowest BCUT2D eigenvalue weighted by Crippen LogP contribution is -2.33. The summed E-state index contributed by atoms with van der Waals surface area (Å²) in [6.45, 7) is -0.379. The van der Waals surface area contributed by atoms with E-state index < -0.39 is 17.8 Å². The number of benzene rings is 3. The third-order valence-electron chi connectivity index (χ3n) is 4.45. The molecule has 1 heterocycles. The van der Waals surface area contributed by atoms with Crippen LogP contribution in [0.5, 0.6) is 0 Å². The highest BCUT2D eigenvalue weighted by Gasteiger charge is 2.35. The molecular weight excluding hydrogens is 330 g/mol. The van der Waals surface area contributed by atoms with E-state index in [1.807, 2.05) is 42.5 Å².